The summed E-state index contributed by atoms with van der Waals surface area (Å²) in [5.74, 6) is 5.60. The predicted molar refractivity (Wildman–Crippen MR) is 86.7 cm³/mol. The monoisotopic (exact) mass is 333 g/mol. The Morgan fingerprint density at radius 2 is 2.17 bits per heavy atom. The van der Waals surface area contributed by atoms with E-state index in [1.54, 1.807) is 23.3 Å². The summed E-state index contributed by atoms with van der Waals surface area (Å²) in [5.41, 5.74) is 0. The zero-order valence-electron chi connectivity index (χ0n) is 13.0. The van der Waals surface area contributed by atoms with Crippen molar-refractivity contribution in [2.75, 3.05) is 39.8 Å². The molecule has 1 N–H and O–H groups in total. The SMILES string of the molecule is CN1CC(=O)N2CCN(Cc3ccc(C#CCO)s3)C[C@H]2C1=O. The molecule has 2 aliphatic rings. The van der Waals surface area contributed by atoms with E-state index in [2.05, 4.69) is 16.7 Å². The van der Waals surface area contributed by atoms with E-state index in [0.29, 0.717) is 13.1 Å². The number of fused-ring (bicyclic) bond motifs is 1. The van der Waals surface area contributed by atoms with Gasteiger partial charge in [0.1, 0.15) is 12.6 Å². The molecule has 0 aromatic carbocycles. The fourth-order valence-electron chi connectivity index (χ4n) is 3.00. The van der Waals surface area contributed by atoms with Crippen molar-refractivity contribution in [3.63, 3.8) is 0 Å². The quantitative estimate of drug-likeness (QED) is 0.747. The van der Waals surface area contributed by atoms with Gasteiger partial charge in [-0.05, 0) is 12.1 Å². The lowest BCUT2D eigenvalue weighted by Crippen LogP contribution is -2.65. The van der Waals surface area contributed by atoms with Crippen molar-refractivity contribution in [2.24, 2.45) is 0 Å². The Morgan fingerprint density at radius 1 is 1.35 bits per heavy atom. The van der Waals surface area contributed by atoms with Crippen LogP contribution < -0.4 is 0 Å². The van der Waals surface area contributed by atoms with Crippen molar-refractivity contribution in [3.05, 3.63) is 21.9 Å². The molecule has 7 heteroatoms. The second kappa shape index (κ2) is 6.71. The molecule has 0 aliphatic carbocycles. The Bertz CT molecular complexity index is 676. The van der Waals surface area contributed by atoms with Crippen LogP contribution in [0.2, 0.25) is 0 Å². The molecule has 1 atom stereocenters. The maximum absolute atomic E-state index is 12.3. The highest BCUT2D eigenvalue weighted by molar-refractivity contribution is 7.12. The van der Waals surface area contributed by atoms with Gasteiger partial charge in [-0.25, -0.2) is 0 Å². The van der Waals surface area contributed by atoms with Crippen molar-refractivity contribution in [2.45, 2.75) is 12.6 Å². The fraction of sp³-hybridized carbons (Fsp3) is 0.500. The topological polar surface area (TPSA) is 64.1 Å². The van der Waals surface area contributed by atoms with E-state index in [0.717, 1.165) is 18.0 Å². The maximum Gasteiger partial charge on any atom is 0.246 e. The van der Waals surface area contributed by atoms with Crippen LogP contribution in [0, 0.1) is 11.8 Å². The zero-order chi connectivity index (χ0) is 16.4. The molecule has 0 bridgehead atoms. The first-order valence-corrected chi connectivity index (χ1v) is 8.35. The number of likely N-dealkylation sites (N-methyl/N-ethyl adjacent to an activating group) is 1. The largest absolute Gasteiger partial charge is 0.384 e. The Kier molecular flexibility index (Phi) is 4.66. The predicted octanol–water partition coefficient (Wildman–Crippen LogP) is -0.423. The first kappa shape index (κ1) is 16.0. The third kappa shape index (κ3) is 3.39. The zero-order valence-corrected chi connectivity index (χ0v) is 13.8. The number of aliphatic hydroxyl groups excluding tert-OH is 1. The van der Waals surface area contributed by atoms with Crippen molar-refractivity contribution in [3.8, 4) is 11.8 Å². The van der Waals surface area contributed by atoms with Gasteiger partial charge >= 0.3 is 0 Å². The maximum atomic E-state index is 12.3. The summed E-state index contributed by atoms with van der Waals surface area (Å²) in [5, 5.41) is 8.73. The molecule has 3 heterocycles. The lowest BCUT2D eigenvalue weighted by atomic mass is 10.1. The molecule has 2 fully saturated rings. The fourth-order valence-corrected chi connectivity index (χ4v) is 3.92. The molecule has 6 nitrogen and oxygen atoms in total. The number of hydrogen-bond acceptors (Lipinski definition) is 5. The molecule has 0 unspecified atom stereocenters. The molecule has 1 aromatic rings. The van der Waals surface area contributed by atoms with Crippen molar-refractivity contribution >= 4 is 23.2 Å². The van der Waals surface area contributed by atoms with E-state index in [1.807, 2.05) is 12.1 Å². The Morgan fingerprint density at radius 3 is 2.96 bits per heavy atom. The van der Waals surface area contributed by atoms with Gasteiger partial charge in [0.05, 0.1) is 11.4 Å². The first-order chi connectivity index (χ1) is 11.1. The summed E-state index contributed by atoms with van der Waals surface area (Å²) >= 11 is 1.60. The van der Waals surface area contributed by atoms with Gasteiger partial charge in [-0.3, -0.25) is 14.5 Å². The van der Waals surface area contributed by atoms with Gasteiger partial charge in [0.25, 0.3) is 0 Å². The third-order valence-electron chi connectivity index (χ3n) is 4.15. The summed E-state index contributed by atoms with van der Waals surface area (Å²) in [7, 11) is 1.68. The summed E-state index contributed by atoms with van der Waals surface area (Å²) in [4.78, 5) is 31.9. The average Bonchev–Trinajstić information content (AvgIpc) is 2.98. The van der Waals surface area contributed by atoms with Crippen LogP contribution in [-0.2, 0) is 16.1 Å². The Labute approximate surface area is 139 Å². The average molecular weight is 333 g/mol. The van der Waals surface area contributed by atoms with Crippen LogP contribution in [0.1, 0.15) is 9.75 Å². The molecule has 2 aliphatic heterocycles. The molecule has 2 amide bonds. The van der Waals surface area contributed by atoms with Crippen molar-refractivity contribution in [1.29, 1.82) is 0 Å². The van der Waals surface area contributed by atoms with Crippen LogP contribution >= 0.6 is 11.3 Å². The number of nitrogens with zero attached hydrogens (tertiary/aromatic N) is 3. The normalized spacial score (nSPS) is 21.9. The summed E-state index contributed by atoms with van der Waals surface area (Å²) < 4.78 is 0. The van der Waals surface area contributed by atoms with Crippen LogP contribution in [0.15, 0.2) is 12.1 Å². The second-order valence-corrected chi connectivity index (χ2v) is 6.93. The highest BCUT2D eigenvalue weighted by atomic mass is 32.1. The van der Waals surface area contributed by atoms with Crippen molar-refractivity contribution in [1.82, 2.24) is 14.7 Å². The molecule has 3 rings (SSSR count). The molecule has 23 heavy (non-hydrogen) atoms. The van der Waals surface area contributed by atoms with Crippen LogP contribution in [0.25, 0.3) is 0 Å². The first-order valence-electron chi connectivity index (χ1n) is 7.53. The molecule has 1 aromatic heterocycles. The molecule has 0 radical (unpaired) electrons. The number of piperazine rings is 2. The van der Waals surface area contributed by atoms with Crippen LogP contribution in [0.4, 0.5) is 0 Å². The number of thiophene rings is 1. The molecule has 0 spiro atoms. The van der Waals surface area contributed by atoms with E-state index in [4.69, 9.17) is 5.11 Å². The highest BCUT2D eigenvalue weighted by Gasteiger charge is 2.41. The van der Waals surface area contributed by atoms with Crippen LogP contribution in [0.3, 0.4) is 0 Å². The molecule has 2 saturated heterocycles. The highest BCUT2D eigenvalue weighted by Crippen LogP contribution is 2.22. The standard InChI is InChI=1S/C16H19N3O3S/c1-17-11-15(21)19-7-6-18(10-14(19)16(17)22)9-13-5-4-12(23-13)3-2-8-20/h4-5,14,20H,6-11H2,1H3/t14-/m0/s1. The lowest BCUT2D eigenvalue weighted by Gasteiger charge is -2.45. The van der Waals surface area contributed by atoms with Gasteiger partial charge in [0.2, 0.25) is 11.8 Å². The van der Waals surface area contributed by atoms with Gasteiger partial charge in [0, 0.05) is 38.1 Å². The number of rotatable bonds is 2. The lowest BCUT2D eigenvalue weighted by molar-refractivity contribution is -0.158. The summed E-state index contributed by atoms with van der Waals surface area (Å²) in [6.45, 7) is 2.75. The van der Waals surface area contributed by atoms with E-state index in [1.165, 1.54) is 9.78 Å². The molecule has 0 saturated carbocycles. The third-order valence-corrected chi connectivity index (χ3v) is 5.14. The summed E-state index contributed by atoms with van der Waals surface area (Å²) in [6.07, 6.45) is 0. The van der Waals surface area contributed by atoms with Gasteiger partial charge in [-0.2, -0.15) is 0 Å². The number of aliphatic hydroxyl groups is 1. The van der Waals surface area contributed by atoms with Crippen molar-refractivity contribution < 1.29 is 14.7 Å². The minimum atomic E-state index is -0.358. The minimum absolute atomic E-state index is 0.0231. The summed E-state index contributed by atoms with van der Waals surface area (Å²) in [6, 6.07) is 3.61. The van der Waals surface area contributed by atoms with E-state index < -0.39 is 0 Å². The number of hydrogen-bond donors (Lipinski definition) is 1. The molecular weight excluding hydrogens is 314 g/mol. The minimum Gasteiger partial charge on any atom is -0.384 e. The second-order valence-electron chi connectivity index (χ2n) is 5.76. The molecular formula is C16H19N3O3S. The Balaban J connectivity index is 1.65. The van der Waals surface area contributed by atoms with Gasteiger partial charge in [-0.15, -0.1) is 11.3 Å². The van der Waals surface area contributed by atoms with E-state index in [9.17, 15) is 9.59 Å². The Hall–Kier alpha value is -1.88. The number of amides is 2. The van der Waals surface area contributed by atoms with Gasteiger partial charge in [0.15, 0.2) is 0 Å². The molecule has 122 valence electrons. The van der Waals surface area contributed by atoms with Gasteiger partial charge < -0.3 is 14.9 Å². The van der Waals surface area contributed by atoms with Crippen LogP contribution in [0.5, 0.6) is 0 Å². The van der Waals surface area contributed by atoms with E-state index >= 15 is 0 Å². The van der Waals surface area contributed by atoms with Gasteiger partial charge in [-0.1, -0.05) is 11.8 Å². The smallest absolute Gasteiger partial charge is 0.246 e. The van der Waals surface area contributed by atoms with E-state index in [-0.39, 0.29) is 31.0 Å². The van der Waals surface area contributed by atoms with Crippen LogP contribution in [-0.4, -0.2) is 77.5 Å². The number of carbonyl (C=O) groups is 2. The number of carbonyl (C=O) groups excluding carboxylic acids is 2.